The largest absolute Gasteiger partial charge is 0.316 e. The van der Waals surface area contributed by atoms with Crippen LogP contribution >= 0.6 is 22.7 Å². The van der Waals surface area contributed by atoms with Crippen LogP contribution in [0, 0.1) is 13.8 Å². The lowest BCUT2D eigenvalue weighted by Gasteiger charge is -2.02. The van der Waals surface area contributed by atoms with Gasteiger partial charge in [-0.05, 0) is 25.5 Å². The Bertz CT molecular complexity index is 792. The summed E-state index contributed by atoms with van der Waals surface area (Å²) in [5, 5.41) is 7.03. The highest BCUT2D eigenvalue weighted by Gasteiger charge is 2.11. The summed E-state index contributed by atoms with van der Waals surface area (Å²) in [5.41, 5.74) is 2.85. The Hall–Kier alpha value is -2.12. The van der Waals surface area contributed by atoms with E-state index in [9.17, 15) is 4.79 Å². The Kier molecular flexibility index (Phi) is 4.26. The molecular weight excluding hydrogens is 316 g/mol. The third-order valence-electron chi connectivity index (χ3n) is 3.02. The first-order valence-electron chi connectivity index (χ1n) is 6.71. The summed E-state index contributed by atoms with van der Waals surface area (Å²) in [6.07, 6.45) is 2.96. The van der Waals surface area contributed by atoms with Crippen molar-refractivity contribution in [2.24, 2.45) is 0 Å². The molecule has 0 aliphatic carbocycles. The van der Waals surface area contributed by atoms with E-state index in [4.69, 9.17) is 0 Å². The van der Waals surface area contributed by atoms with Crippen molar-refractivity contribution >= 4 is 39.9 Å². The zero-order valence-electron chi connectivity index (χ0n) is 12.2. The Balaban J connectivity index is 1.76. The summed E-state index contributed by atoms with van der Waals surface area (Å²) in [6, 6.07) is 3.73. The molecule has 3 aromatic heterocycles. The molecule has 0 aliphatic rings. The van der Waals surface area contributed by atoms with Crippen LogP contribution in [-0.2, 0) is 11.2 Å². The molecule has 3 rings (SSSR count). The minimum Gasteiger partial charge on any atom is -0.316 e. The number of hydrogen-bond acceptors (Lipinski definition) is 7. The van der Waals surface area contributed by atoms with E-state index < -0.39 is 0 Å². The number of carbonyl (C=O) groups excluding carboxylic acids is 1. The van der Waals surface area contributed by atoms with Gasteiger partial charge in [-0.25, -0.2) is 15.0 Å². The predicted octanol–water partition coefficient (Wildman–Crippen LogP) is 3.76. The minimum absolute atomic E-state index is 0.388. The number of aldehydes is 1. The quantitative estimate of drug-likeness (QED) is 0.721. The maximum atomic E-state index is 10.5. The molecule has 7 heteroatoms. The molecule has 1 N–H and O–H groups in total. The number of nitrogens with one attached hydrogen (secondary N) is 1. The monoisotopic (exact) mass is 330 g/mol. The smallest absolute Gasteiger partial charge is 0.188 e. The van der Waals surface area contributed by atoms with Crippen molar-refractivity contribution < 1.29 is 4.79 Å². The van der Waals surface area contributed by atoms with Crippen LogP contribution in [0.2, 0.25) is 0 Å². The maximum absolute atomic E-state index is 10.5. The van der Waals surface area contributed by atoms with Gasteiger partial charge < -0.3 is 10.1 Å². The Morgan fingerprint density at radius 1 is 1.27 bits per heavy atom. The molecule has 0 radical (unpaired) electrons. The number of carbonyl (C=O) groups is 1. The Morgan fingerprint density at radius 3 is 2.77 bits per heavy atom. The second-order valence-electron chi connectivity index (χ2n) is 4.73. The molecule has 0 fully saturated rings. The van der Waals surface area contributed by atoms with Gasteiger partial charge in [0, 0.05) is 18.0 Å². The second kappa shape index (κ2) is 6.33. The molecular formula is C15H14N4OS2. The molecule has 0 aliphatic heterocycles. The van der Waals surface area contributed by atoms with Crippen LogP contribution in [0.4, 0.5) is 10.9 Å². The first-order chi connectivity index (χ1) is 10.7. The van der Waals surface area contributed by atoms with E-state index in [1.807, 2.05) is 31.4 Å². The molecule has 0 bridgehead atoms. The van der Waals surface area contributed by atoms with Gasteiger partial charge in [-0.1, -0.05) is 6.07 Å². The summed E-state index contributed by atoms with van der Waals surface area (Å²) < 4.78 is 0. The first-order valence-corrected chi connectivity index (χ1v) is 8.41. The summed E-state index contributed by atoms with van der Waals surface area (Å²) in [5.74, 6) is 0.716. The van der Waals surface area contributed by atoms with Crippen molar-refractivity contribution in [3.8, 4) is 10.6 Å². The van der Waals surface area contributed by atoms with Gasteiger partial charge in [-0.3, -0.25) is 0 Å². The van der Waals surface area contributed by atoms with E-state index in [0.717, 1.165) is 38.3 Å². The SMILES string of the molecule is Cc1nc(C)c(-c2csc(Nc3ccc(CC=O)cn3)n2)s1. The molecule has 3 heterocycles. The molecule has 0 atom stereocenters. The van der Waals surface area contributed by atoms with Gasteiger partial charge in [0.05, 0.1) is 21.3 Å². The molecule has 0 saturated carbocycles. The van der Waals surface area contributed by atoms with Crippen molar-refractivity contribution in [2.75, 3.05) is 5.32 Å². The van der Waals surface area contributed by atoms with E-state index >= 15 is 0 Å². The van der Waals surface area contributed by atoms with E-state index in [1.54, 1.807) is 17.5 Å². The number of aryl methyl sites for hydroxylation is 2. The normalized spacial score (nSPS) is 10.6. The third kappa shape index (κ3) is 3.20. The van der Waals surface area contributed by atoms with Gasteiger partial charge in [-0.15, -0.1) is 22.7 Å². The van der Waals surface area contributed by atoms with E-state index in [2.05, 4.69) is 20.3 Å². The lowest BCUT2D eigenvalue weighted by atomic mass is 10.2. The second-order valence-corrected chi connectivity index (χ2v) is 6.79. The lowest BCUT2D eigenvalue weighted by molar-refractivity contribution is -0.107. The number of rotatable bonds is 5. The Labute approximate surface area is 136 Å². The number of thiazole rings is 2. The molecule has 22 heavy (non-hydrogen) atoms. The fraction of sp³-hybridized carbons (Fsp3) is 0.200. The standard InChI is InChI=1S/C15H14N4OS2/c1-9-14(22-10(2)17-9)12-8-21-15(18-12)19-13-4-3-11(5-6-20)7-16-13/h3-4,6-8H,5H2,1-2H3,(H,16,18,19). The number of nitrogens with zero attached hydrogens (tertiary/aromatic N) is 3. The number of hydrogen-bond donors (Lipinski definition) is 1. The average Bonchev–Trinajstić information content (AvgIpc) is 3.07. The van der Waals surface area contributed by atoms with Crippen LogP contribution in [0.1, 0.15) is 16.3 Å². The first kappa shape index (κ1) is 14.8. The average molecular weight is 330 g/mol. The highest BCUT2D eigenvalue weighted by Crippen LogP contribution is 2.32. The number of anilines is 2. The molecule has 0 amide bonds. The summed E-state index contributed by atoms with van der Waals surface area (Å²) in [7, 11) is 0. The number of pyridine rings is 1. The van der Waals surface area contributed by atoms with Crippen LogP contribution in [0.25, 0.3) is 10.6 Å². The molecule has 0 unspecified atom stereocenters. The summed E-state index contributed by atoms with van der Waals surface area (Å²) >= 11 is 3.18. The topological polar surface area (TPSA) is 67.8 Å². The molecule has 0 spiro atoms. The highest BCUT2D eigenvalue weighted by molar-refractivity contribution is 7.16. The predicted molar refractivity (Wildman–Crippen MR) is 90.0 cm³/mol. The van der Waals surface area contributed by atoms with Crippen molar-refractivity contribution in [2.45, 2.75) is 20.3 Å². The maximum Gasteiger partial charge on any atom is 0.188 e. The zero-order chi connectivity index (χ0) is 15.5. The fourth-order valence-corrected chi connectivity index (χ4v) is 3.69. The van der Waals surface area contributed by atoms with Crippen molar-refractivity contribution in [1.29, 1.82) is 0 Å². The van der Waals surface area contributed by atoms with Crippen LogP contribution in [0.5, 0.6) is 0 Å². The van der Waals surface area contributed by atoms with Crippen molar-refractivity contribution in [3.63, 3.8) is 0 Å². The van der Waals surface area contributed by atoms with Gasteiger partial charge in [0.25, 0.3) is 0 Å². The Morgan fingerprint density at radius 2 is 2.14 bits per heavy atom. The van der Waals surface area contributed by atoms with Crippen molar-refractivity contribution in [1.82, 2.24) is 15.0 Å². The van der Waals surface area contributed by atoms with Crippen molar-refractivity contribution in [3.05, 3.63) is 40.0 Å². The van der Waals surface area contributed by atoms with Gasteiger partial charge in [-0.2, -0.15) is 0 Å². The van der Waals surface area contributed by atoms with Gasteiger partial charge in [0.15, 0.2) is 5.13 Å². The van der Waals surface area contributed by atoms with E-state index in [0.29, 0.717) is 12.2 Å². The third-order valence-corrected chi connectivity index (χ3v) is 4.87. The molecule has 0 aromatic carbocycles. The van der Waals surface area contributed by atoms with Crippen LogP contribution < -0.4 is 5.32 Å². The molecule has 0 saturated heterocycles. The molecule has 5 nitrogen and oxygen atoms in total. The minimum atomic E-state index is 0.388. The van der Waals surface area contributed by atoms with Crippen LogP contribution in [-0.4, -0.2) is 21.2 Å². The van der Waals surface area contributed by atoms with Gasteiger partial charge in [0.2, 0.25) is 0 Å². The summed E-state index contributed by atoms with van der Waals surface area (Å²) in [6.45, 7) is 4.00. The highest BCUT2D eigenvalue weighted by atomic mass is 32.1. The zero-order valence-corrected chi connectivity index (χ0v) is 13.8. The van der Waals surface area contributed by atoms with Gasteiger partial charge >= 0.3 is 0 Å². The summed E-state index contributed by atoms with van der Waals surface area (Å²) in [4.78, 5) is 24.9. The van der Waals surface area contributed by atoms with Crippen LogP contribution in [0.3, 0.4) is 0 Å². The molecule has 3 aromatic rings. The fourth-order valence-electron chi connectivity index (χ4n) is 2.03. The lowest BCUT2D eigenvalue weighted by Crippen LogP contribution is -1.94. The van der Waals surface area contributed by atoms with E-state index in [1.165, 1.54) is 11.3 Å². The molecule has 112 valence electrons. The number of aromatic nitrogens is 3. The van der Waals surface area contributed by atoms with E-state index in [-0.39, 0.29) is 0 Å². The van der Waals surface area contributed by atoms with Crippen LogP contribution in [0.15, 0.2) is 23.7 Å². The van der Waals surface area contributed by atoms with Gasteiger partial charge in [0.1, 0.15) is 12.1 Å².